The Morgan fingerprint density at radius 2 is 2.00 bits per heavy atom. The van der Waals surface area contributed by atoms with E-state index >= 15 is 0 Å². The first-order chi connectivity index (χ1) is 8.33. The quantitative estimate of drug-likeness (QED) is 0.751. The average molecular weight is 228 g/mol. The van der Waals surface area contributed by atoms with E-state index in [1.807, 2.05) is 30.3 Å². The van der Waals surface area contributed by atoms with Crippen molar-refractivity contribution in [3.8, 4) is 0 Å². The van der Waals surface area contributed by atoms with Gasteiger partial charge in [0.25, 0.3) is 0 Å². The Morgan fingerprint density at radius 3 is 2.59 bits per heavy atom. The number of esters is 1. The standard InChI is InChI=1S/C13H12N2O2/c1-17-13(16)12(10-5-3-2-4-6-10)11-9-14-7-8-15-11/h2-9,12H,1H3. The molecule has 0 aliphatic carbocycles. The number of methoxy groups -OCH3 is 1. The molecule has 0 aliphatic heterocycles. The van der Waals surface area contributed by atoms with Crippen LogP contribution < -0.4 is 0 Å². The average Bonchev–Trinajstić information content (AvgIpc) is 2.41. The minimum absolute atomic E-state index is 0.336. The summed E-state index contributed by atoms with van der Waals surface area (Å²) in [5, 5.41) is 0. The summed E-state index contributed by atoms with van der Waals surface area (Å²) in [5.74, 6) is -0.855. The Hall–Kier alpha value is -2.23. The third-order valence-electron chi connectivity index (χ3n) is 2.45. The van der Waals surface area contributed by atoms with E-state index in [4.69, 9.17) is 4.74 Å². The Morgan fingerprint density at radius 1 is 1.24 bits per heavy atom. The molecule has 0 saturated carbocycles. The molecule has 0 N–H and O–H groups in total. The summed E-state index contributed by atoms with van der Waals surface area (Å²) in [6.45, 7) is 0. The topological polar surface area (TPSA) is 52.1 Å². The van der Waals surface area contributed by atoms with E-state index in [0.717, 1.165) is 5.56 Å². The van der Waals surface area contributed by atoms with Gasteiger partial charge in [0.05, 0.1) is 12.8 Å². The van der Waals surface area contributed by atoms with Crippen LogP contribution in [0.25, 0.3) is 0 Å². The summed E-state index contributed by atoms with van der Waals surface area (Å²) in [6, 6.07) is 9.39. The molecule has 0 saturated heterocycles. The van der Waals surface area contributed by atoms with Crippen LogP contribution in [-0.2, 0) is 9.53 Å². The zero-order valence-electron chi connectivity index (χ0n) is 9.41. The molecule has 1 aromatic carbocycles. The summed E-state index contributed by atoms with van der Waals surface area (Å²) >= 11 is 0. The molecule has 0 spiro atoms. The lowest BCUT2D eigenvalue weighted by Crippen LogP contribution is -2.17. The number of nitrogens with zero attached hydrogens (tertiary/aromatic N) is 2. The highest BCUT2D eigenvalue weighted by Crippen LogP contribution is 2.23. The van der Waals surface area contributed by atoms with Crippen molar-refractivity contribution in [3.05, 3.63) is 60.2 Å². The summed E-state index contributed by atoms with van der Waals surface area (Å²) < 4.78 is 4.81. The fourth-order valence-electron chi connectivity index (χ4n) is 1.65. The van der Waals surface area contributed by atoms with Gasteiger partial charge >= 0.3 is 5.97 Å². The summed E-state index contributed by atoms with van der Waals surface area (Å²) in [4.78, 5) is 20.0. The smallest absolute Gasteiger partial charge is 0.319 e. The van der Waals surface area contributed by atoms with E-state index in [1.165, 1.54) is 7.11 Å². The van der Waals surface area contributed by atoms with Crippen LogP contribution in [0.4, 0.5) is 0 Å². The molecule has 4 heteroatoms. The van der Waals surface area contributed by atoms with Crippen molar-refractivity contribution in [3.63, 3.8) is 0 Å². The first-order valence-corrected chi connectivity index (χ1v) is 5.21. The maximum absolute atomic E-state index is 11.8. The second kappa shape index (κ2) is 5.21. The van der Waals surface area contributed by atoms with Gasteiger partial charge in [0.2, 0.25) is 0 Å². The largest absolute Gasteiger partial charge is 0.468 e. The molecule has 4 nitrogen and oxygen atoms in total. The summed E-state index contributed by atoms with van der Waals surface area (Å²) in [7, 11) is 1.37. The van der Waals surface area contributed by atoms with E-state index in [1.54, 1.807) is 18.6 Å². The van der Waals surface area contributed by atoms with Crippen LogP contribution in [0.2, 0.25) is 0 Å². The zero-order valence-corrected chi connectivity index (χ0v) is 9.41. The Labute approximate surface area is 99.3 Å². The molecule has 1 heterocycles. The molecule has 2 rings (SSSR count). The first kappa shape index (κ1) is 11.3. The van der Waals surface area contributed by atoms with Crippen molar-refractivity contribution in [2.24, 2.45) is 0 Å². The number of carbonyl (C=O) groups excluding carboxylic acids is 1. The molecule has 1 aromatic heterocycles. The van der Waals surface area contributed by atoms with E-state index in [-0.39, 0.29) is 5.97 Å². The molecule has 17 heavy (non-hydrogen) atoms. The molecule has 0 bridgehead atoms. The molecule has 0 fully saturated rings. The van der Waals surface area contributed by atoms with E-state index in [0.29, 0.717) is 5.69 Å². The summed E-state index contributed by atoms with van der Waals surface area (Å²) in [5.41, 5.74) is 1.44. The predicted octanol–water partition coefficient (Wildman–Crippen LogP) is 1.78. The van der Waals surface area contributed by atoms with Crippen LogP contribution >= 0.6 is 0 Å². The van der Waals surface area contributed by atoms with Gasteiger partial charge in [-0.05, 0) is 5.56 Å². The number of hydrogen-bond donors (Lipinski definition) is 0. The molecular weight excluding hydrogens is 216 g/mol. The van der Waals surface area contributed by atoms with Crippen LogP contribution in [0.5, 0.6) is 0 Å². The van der Waals surface area contributed by atoms with Gasteiger partial charge < -0.3 is 4.74 Å². The number of rotatable bonds is 3. The maximum atomic E-state index is 11.8. The minimum atomic E-state index is -0.519. The lowest BCUT2D eigenvalue weighted by atomic mass is 9.96. The Balaban J connectivity index is 2.43. The van der Waals surface area contributed by atoms with Crippen molar-refractivity contribution >= 4 is 5.97 Å². The van der Waals surface area contributed by atoms with Gasteiger partial charge in [-0.25, -0.2) is 0 Å². The van der Waals surface area contributed by atoms with Crippen LogP contribution in [0.1, 0.15) is 17.2 Å². The van der Waals surface area contributed by atoms with Gasteiger partial charge in [0, 0.05) is 18.6 Å². The van der Waals surface area contributed by atoms with Crippen molar-refractivity contribution in [2.75, 3.05) is 7.11 Å². The number of hydrogen-bond acceptors (Lipinski definition) is 4. The van der Waals surface area contributed by atoms with Gasteiger partial charge in [-0.2, -0.15) is 0 Å². The lowest BCUT2D eigenvalue weighted by molar-refractivity contribution is -0.141. The fraction of sp³-hybridized carbons (Fsp3) is 0.154. The van der Waals surface area contributed by atoms with Crippen LogP contribution in [-0.4, -0.2) is 23.0 Å². The monoisotopic (exact) mass is 228 g/mol. The highest BCUT2D eigenvalue weighted by Gasteiger charge is 2.24. The number of aromatic nitrogens is 2. The lowest BCUT2D eigenvalue weighted by Gasteiger charge is -2.13. The number of benzene rings is 1. The van der Waals surface area contributed by atoms with Gasteiger partial charge in [0.15, 0.2) is 0 Å². The maximum Gasteiger partial charge on any atom is 0.319 e. The van der Waals surface area contributed by atoms with Crippen LogP contribution in [0, 0.1) is 0 Å². The number of carbonyl (C=O) groups is 1. The van der Waals surface area contributed by atoms with Crippen LogP contribution in [0.3, 0.4) is 0 Å². The summed E-state index contributed by atoms with van der Waals surface area (Å²) in [6.07, 6.45) is 4.71. The molecule has 86 valence electrons. The SMILES string of the molecule is COC(=O)C(c1ccccc1)c1cnccn1. The zero-order chi connectivity index (χ0) is 12.1. The van der Waals surface area contributed by atoms with Crippen molar-refractivity contribution in [2.45, 2.75) is 5.92 Å². The van der Waals surface area contributed by atoms with Crippen molar-refractivity contribution < 1.29 is 9.53 Å². The van der Waals surface area contributed by atoms with Gasteiger partial charge in [-0.3, -0.25) is 14.8 Å². The van der Waals surface area contributed by atoms with Gasteiger partial charge in [-0.15, -0.1) is 0 Å². The Bertz CT molecular complexity index is 446. The molecule has 1 atom stereocenters. The highest BCUT2D eigenvalue weighted by molar-refractivity contribution is 5.81. The fourth-order valence-corrected chi connectivity index (χ4v) is 1.65. The highest BCUT2D eigenvalue weighted by atomic mass is 16.5. The minimum Gasteiger partial charge on any atom is -0.468 e. The second-order valence-electron chi connectivity index (χ2n) is 3.50. The molecule has 0 aliphatic rings. The number of ether oxygens (including phenoxy) is 1. The second-order valence-corrected chi connectivity index (χ2v) is 3.50. The Kier molecular flexibility index (Phi) is 3.45. The molecule has 0 radical (unpaired) electrons. The third-order valence-corrected chi connectivity index (χ3v) is 2.45. The third kappa shape index (κ3) is 2.47. The first-order valence-electron chi connectivity index (χ1n) is 5.21. The van der Waals surface area contributed by atoms with Gasteiger partial charge in [0.1, 0.15) is 5.92 Å². The molecule has 0 amide bonds. The van der Waals surface area contributed by atoms with Gasteiger partial charge in [-0.1, -0.05) is 30.3 Å². The molecule has 1 unspecified atom stereocenters. The van der Waals surface area contributed by atoms with Crippen molar-refractivity contribution in [1.82, 2.24) is 9.97 Å². The van der Waals surface area contributed by atoms with E-state index in [2.05, 4.69) is 9.97 Å². The van der Waals surface area contributed by atoms with Crippen molar-refractivity contribution in [1.29, 1.82) is 0 Å². The normalized spacial score (nSPS) is 11.8. The van der Waals surface area contributed by atoms with E-state index < -0.39 is 5.92 Å². The predicted molar refractivity (Wildman–Crippen MR) is 62.3 cm³/mol. The molecule has 2 aromatic rings. The van der Waals surface area contributed by atoms with E-state index in [9.17, 15) is 4.79 Å². The van der Waals surface area contributed by atoms with Crippen LogP contribution in [0.15, 0.2) is 48.9 Å². The molecular formula is C13H12N2O2.